The van der Waals surface area contributed by atoms with Gasteiger partial charge in [0.15, 0.2) is 0 Å². The Morgan fingerprint density at radius 3 is 2.71 bits per heavy atom. The number of rotatable bonds is 6. The number of nitrogens with one attached hydrogen (secondary N) is 1. The first-order chi connectivity index (χ1) is 6.56. The standard InChI is InChI=1S/C9H14N2O3/c1-3-5-10-8(12)7-11(2)6-4-9(13)14/h1H,4-7H2,2H3,(H,10,12)(H,13,14). The molecule has 2 N–H and O–H groups in total. The summed E-state index contributed by atoms with van der Waals surface area (Å²) >= 11 is 0. The molecule has 0 heterocycles. The minimum Gasteiger partial charge on any atom is -0.481 e. The third-order valence-electron chi connectivity index (χ3n) is 1.51. The third-order valence-corrected chi connectivity index (χ3v) is 1.51. The number of carbonyl (C=O) groups excluding carboxylic acids is 1. The SMILES string of the molecule is C#CCNC(=O)CN(C)CCC(=O)O. The van der Waals surface area contributed by atoms with E-state index in [1.807, 2.05) is 0 Å². The second-order valence-electron chi connectivity index (χ2n) is 2.86. The molecule has 0 radical (unpaired) electrons. The Bertz CT molecular complexity index is 245. The molecule has 0 spiro atoms. The largest absolute Gasteiger partial charge is 0.481 e. The summed E-state index contributed by atoms with van der Waals surface area (Å²) in [5.74, 6) is 1.21. The molecule has 0 fully saturated rings. The number of hydrogen-bond donors (Lipinski definition) is 2. The number of amides is 1. The zero-order chi connectivity index (χ0) is 11.0. The van der Waals surface area contributed by atoms with Crippen molar-refractivity contribution in [1.29, 1.82) is 0 Å². The normalized spacial score (nSPS) is 9.50. The lowest BCUT2D eigenvalue weighted by atomic mass is 10.4. The first-order valence-electron chi connectivity index (χ1n) is 4.16. The van der Waals surface area contributed by atoms with E-state index in [-0.39, 0.29) is 25.4 Å². The van der Waals surface area contributed by atoms with Crippen LogP contribution in [0.1, 0.15) is 6.42 Å². The minimum atomic E-state index is -0.874. The van der Waals surface area contributed by atoms with Gasteiger partial charge in [-0.2, -0.15) is 0 Å². The second-order valence-corrected chi connectivity index (χ2v) is 2.86. The highest BCUT2D eigenvalue weighted by molar-refractivity contribution is 5.78. The summed E-state index contributed by atoms with van der Waals surface area (Å²) in [5, 5.41) is 10.9. The van der Waals surface area contributed by atoms with Crippen LogP contribution >= 0.6 is 0 Å². The van der Waals surface area contributed by atoms with Crippen molar-refractivity contribution in [2.75, 3.05) is 26.7 Å². The van der Waals surface area contributed by atoms with Gasteiger partial charge in [0.05, 0.1) is 19.5 Å². The van der Waals surface area contributed by atoms with Crippen molar-refractivity contribution in [2.45, 2.75) is 6.42 Å². The van der Waals surface area contributed by atoms with Crippen molar-refractivity contribution in [3.63, 3.8) is 0 Å². The van der Waals surface area contributed by atoms with E-state index in [0.717, 1.165) is 0 Å². The molecule has 0 saturated heterocycles. The molecule has 0 atom stereocenters. The number of terminal acetylenes is 1. The van der Waals surface area contributed by atoms with E-state index >= 15 is 0 Å². The van der Waals surface area contributed by atoms with Gasteiger partial charge in [-0.05, 0) is 7.05 Å². The van der Waals surface area contributed by atoms with E-state index in [4.69, 9.17) is 11.5 Å². The molecule has 78 valence electrons. The molecule has 0 aliphatic rings. The number of carboxylic acids is 1. The van der Waals surface area contributed by atoms with Crippen molar-refractivity contribution in [3.05, 3.63) is 0 Å². The van der Waals surface area contributed by atoms with Crippen molar-refractivity contribution >= 4 is 11.9 Å². The third kappa shape index (κ3) is 7.13. The van der Waals surface area contributed by atoms with Crippen LogP contribution in [0, 0.1) is 12.3 Å². The zero-order valence-corrected chi connectivity index (χ0v) is 8.12. The number of hydrogen-bond acceptors (Lipinski definition) is 3. The highest BCUT2D eigenvalue weighted by Crippen LogP contribution is 1.86. The van der Waals surface area contributed by atoms with E-state index in [1.54, 1.807) is 11.9 Å². The van der Waals surface area contributed by atoms with Crippen molar-refractivity contribution < 1.29 is 14.7 Å². The number of aliphatic carboxylic acids is 1. The molecular weight excluding hydrogens is 184 g/mol. The Labute approximate surface area is 83.1 Å². The summed E-state index contributed by atoms with van der Waals surface area (Å²) in [7, 11) is 1.68. The van der Waals surface area contributed by atoms with Gasteiger partial charge < -0.3 is 10.4 Å². The molecule has 0 aromatic rings. The zero-order valence-electron chi connectivity index (χ0n) is 8.12. The van der Waals surface area contributed by atoms with Crippen LogP contribution in [-0.2, 0) is 9.59 Å². The summed E-state index contributed by atoms with van der Waals surface area (Å²) in [6, 6.07) is 0. The summed E-state index contributed by atoms with van der Waals surface area (Å²) in [4.78, 5) is 22.9. The van der Waals surface area contributed by atoms with Gasteiger partial charge in [-0.15, -0.1) is 6.42 Å². The average molecular weight is 198 g/mol. The highest BCUT2D eigenvalue weighted by atomic mass is 16.4. The Kier molecular flexibility index (Phi) is 6.16. The van der Waals surface area contributed by atoms with Crippen LogP contribution < -0.4 is 5.32 Å². The Hall–Kier alpha value is -1.54. The van der Waals surface area contributed by atoms with Crippen LogP contribution in [0.25, 0.3) is 0 Å². The van der Waals surface area contributed by atoms with Gasteiger partial charge in [0.25, 0.3) is 0 Å². The number of nitrogens with zero attached hydrogens (tertiary/aromatic N) is 1. The van der Waals surface area contributed by atoms with Crippen molar-refractivity contribution in [3.8, 4) is 12.3 Å². The molecule has 0 saturated carbocycles. The van der Waals surface area contributed by atoms with Gasteiger partial charge in [-0.25, -0.2) is 0 Å². The Morgan fingerprint density at radius 1 is 1.57 bits per heavy atom. The van der Waals surface area contributed by atoms with Crippen LogP contribution in [-0.4, -0.2) is 48.6 Å². The van der Waals surface area contributed by atoms with Gasteiger partial charge in [0.2, 0.25) is 5.91 Å². The molecule has 0 bridgehead atoms. The maximum absolute atomic E-state index is 11.1. The van der Waals surface area contributed by atoms with Gasteiger partial charge in [0.1, 0.15) is 0 Å². The maximum atomic E-state index is 11.1. The monoisotopic (exact) mass is 198 g/mol. The molecular formula is C9H14N2O3. The molecule has 0 unspecified atom stereocenters. The fourth-order valence-corrected chi connectivity index (χ4v) is 0.816. The summed E-state index contributed by atoms with van der Waals surface area (Å²) < 4.78 is 0. The molecule has 5 nitrogen and oxygen atoms in total. The Balaban J connectivity index is 3.61. The summed E-state index contributed by atoms with van der Waals surface area (Å²) in [6.45, 7) is 0.708. The summed E-state index contributed by atoms with van der Waals surface area (Å²) in [6.07, 6.45) is 4.98. The van der Waals surface area contributed by atoms with E-state index in [9.17, 15) is 9.59 Å². The van der Waals surface area contributed by atoms with Crippen LogP contribution in [0.5, 0.6) is 0 Å². The first kappa shape index (κ1) is 12.5. The van der Waals surface area contributed by atoms with Crippen molar-refractivity contribution in [2.24, 2.45) is 0 Å². The average Bonchev–Trinajstić information content (AvgIpc) is 2.11. The Morgan fingerprint density at radius 2 is 2.21 bits per heavy atom. The molecule has 0 rings (SSSR count). The van der Waals surface area contributed by atoms with E-state index in [1.165, 1.54) is 0 Å². The lowest BCUT2D eigenvalue weighted by Crippen LogP contribution is -2.36. The van der Waals surface area contributed by atoms with E-state index in [0.29, 0.717) is 6.54 Å². The molecule has 14 heavy (non-hydrogen) atoms. The number of likely N-dealkylation sites (N-methyl/N-ethyl adjacent to an activating group) is 1. The predicted octanol–water partition coefficient (Wildman–Crippen LogP) is -0.858. The molecule has 0 aliphatic carbocycles. The topological polar surface area (TPSA) is 69.6 Å². The van der Waals surface area contributed by atoms with Gasteiger partial charge in [0, 0.05) is 6.54 Å². The minimum absolute atomic E-state index is 0.0267. The van der Waals surface area contributed by atoms with Crippen LogP contribution in [0.3, 0.4) is 0 Å². The number of carboxylic acid groups (broad SMARTS) is 1. The van der Waals surface area contributed by atoms with E-state index in [2.05, 4.69) is 11.2 Å². The molecule has 0 aromatic carbocycles. The fraction of sp³-hybridized carbons (Fsp3) is 0.556. The lowest BCUT2D eigenvalue weighted by Gasteiger charge is -2.13. The van der Waals surface area contributed by atoms with Crippen LogP contribution in [0.2, 0.25) is 0 Å². The maximum Gasteiger partial charge on any atom is 0.304 e. The predicted molar refractivity (Wildman–Crippen MR) is 51.6 cm³/mol. The quantitative estimate of drug-likeness (QED) is 0.545. The summed E-state index contributed by atoms with van der Waals surface area (Å²) in [5.41, 5.74) is 0. The second kappa shape index (κ2) is 6.92. The van der Waals surface area contributed by atoms with Gasteiger partial charge in [-0.1, -0.05) is 5.92 Å². The first-order valence-corrected chi connectivity index (χ1v) is 4.16. The van der Waals surface area contributed by atoms with E-state index < -0.39 is 5.97 Å². The van der Waals surface area contributed by atoms with Crippen LogP contribution in [0.4, 0.5) is 0 Å². The van der Waals surface area contributed by atoms with Crippen LogP contribution in [0.15, 0.2) is 0 Å². The number of carbonyl (C=O) groups is 2. The smallest absolute Gasteiger partial charge is 0.304 e. The molecule has 0 aliphatic heterocycles. The highest BCUT2D eigenvalue weighted by Gasteiger charge is 2.06. The fourth-order valence-electron chi connectivity index (χ4n) is 0.816. The molecule has 5 heteroatoms. The molecule has 1 amide bonds. The lowest BCUT2D eigenvalue weighted by molar-refractivity contribution is -0.137. The van der Waals surface area contributed by atoms with Gasteiger partial charge >= 0.3 is 5.97 Å². The molecule has 0 aromatic heterocycles. The van der Waals surface area contributed by atoms with Crippen molar-refractivity contribution in [1.82, 2.24) is 10.2 Å². The van der Waals surface area contributed by atoms with Gasteiger partial charge in [-0.3, -0.25) is 14.5 Å².